The van der Waals surface area contributed by atoms with Crippen LogP contribution in [0.15, 0.2) is 35.5 Å². The topological polar surface area (TPSA) is 28.7 Å². The van der Waals surface area contributed by atoms with Crippen molar-refractivity contribution >= 4 is 23.4 Å². The SMILES string of the molecule is CSc1c[nH]c(-c2ccc(Cl)cc2)n1. The smallest absolute Gasteiger partial charge is 0.138 e. The Morgan fingerprint density at radius 2 is 2.00 bits per heavy atom. The normalized spacial score (nSPS) is 10.4. The first-order valence-corrected chi connectivity index (χ1v) is 5.75. The van der Waals surface area contributed by atoms with Gasteiger partial charge in [-0.2, -0.15) is 0 Å². The second-order valence-electron chi connectivity index (χ2n) is 2.80. The van der Waals surface area contributed by atoms with Gasteiger partial charge in [0.25, 0.3) is 0 Å². The molecule has 0 radical (unpaired) electrons. The summed E-state index contributed by atoms with van der Waals surface area (Å²) in [7, 11) is 0. The molecule has 0 bridgehead atoms. The first kappa shape index (κ1) is 9.62. The van der Waals surface area contributed by atoms with Gasteiger partial charge >= 0.3 is 0 Å². The van der Waals surface area contributed by atoms with Crippen molar-refractivity contribution in [2.75, 3.05) is 6.26 Å². The summed E-state index contributed by atoms with van der Waals surface area (Å²) in [4.78, 5) is 7.51. The van der Waals surface area contributed by atoms with Gasteiger partial charge in [-0.1, -0.05) is 11.6 Å². The number of aromatic nitrogens is 2. The minimum atomic E-state index is 0.741. The highest BCUT2D eigenvalue weighted by molar-refractivity contribution is 7.98. The summed E-state index contributed by atoms with van der Waals surface area (Å²) >= 11 is 7.42. The van der Waals surface area contributed by atoms with E-state index in [0.29, 0.717) is 0 Å². The predicted octanol–water partition coefficient (Wildman–Crippen LogP) is 3.45. The van der Waals surface area contributed by atoms with Crippen LogP contribution in [-0.2, 0) is 0 Å². The third kappa shape index (κ3) is 1.94. The van der Waals surface area contributed by atoms with Crippen LogP contribution in [0.1, 0.15) is 0 Å². The highest BCUT2D eigenvalue weighted by Gasteiger charge is 2.02. The van der Waals surface area contributed by atoms with Crippen LogP contribution >= 0.6 is 23.4 Å². The number of imidazole rings is 1. The van der Waals surface area contributed by atoms with Crippen LogP contribution in [-0.4, -0.2) is 16.2 Å². The Balaban J connectivity index is 2.34. The maximum absolute atomic E-state index is 5.80. The van der Waals surface area contributed by atoms with Crippen molar-refractivity contribution in [3.05, 3.63) is 35.5 Å². The van der Waals surface area contributed by atoms with Gasteiger partial charge in [0.05, 0.1) is 0 Å². The molecule has 0 aliphatic heterocycles. The predicted molar refractivity (Wildman–Crippen MR) is 60.8 cm³/mol. The van der Waals surface area contributed by atoms with Gasteiger partial charge in [0.15, 0.2) is 0 Å². The van der Waals surface area contributed by atoms with Crippen molar-refractivity contribution in [3.63, 3.8) is 0 Å². The first-order chi connectivity index (χ1) is 6.79. The number of rotatable bonds is 2. The molecule has 1 N–H and O–H groups in total. The van der Waals surface area contributed by atoms with Crippen LogP contribution in [0.4, 0.5) is 0 Å². The van der Waals surface area contributed by atoms with Crippen molar-refractivity contribution in [2.45, 2.75) is 5.03 Å². The Labute approximate surface area is 91.7 Å². The molecular formula is C10H9ClN2S. The molecule has 0 saturated heterocycles. The monoisotopic (exact) mass is 224 g/mol. The zero-order valence-corrected chi connectivity index (χ0v) is 9.19. The van der Waals surface area contributed by atoms with Crippen molar-refractivity contribution in [3.8, 4) is 11.4 Å². The molecule has 72 valence electrons. The summed E-state index contributed by atoms with van der Waals surface area (Å²) in [6.07, 6.45) is 3.90. The van der Waals surface area contributed by atoms with Crippen LogP contribution < -0.4 is 0 Å². The van der Waals surface area contributed by atoms with E-state index in [9.17, 15) is 0 Å². The van der Waals surface area contributed by atoms with E-state index < -0.39 is 0 Å². The van der Waals surface area contributed by atoms with Gasteiger partial charge in [-0.15, -0.1) is 11.8 Å². The van der Waals surface area contributed by atoms with Crippen LogP contribution in [0.25, 0.3) is 11.4 Å². The maximum Gasteiger partial charge on any atom is 0.138 e. The molecule has 0 fully saturated rings. The highest BCUT2D eigenvalue weighted by Crippen LogP contribution is 2.21. The molecule has 1 aromatic carbocycles. The molecule has 0 aliphatic rings. The molecule has 0 spiro atoms. The summed E-state index contributed by atoms with van der Waals surface area (Å²) in [5.41, 5.74) is 1.05. The minimum absolute atomic E-state index is 0.741. The summed E-state index contributed by atoms with van der Waals surface area (Å²) < 4.78 is 0. The fourth-order valence-electron chi connectivity index (χ4n) is 1.17. The van der Waals surface area contributed by atoms with Gasteiger partial charge in [-0.05, 0) is 30.5 Å². The molecule has 0 aliphatic carbocycles. The van der Waals surface area contributed by atoms with E-state index in [0.717, 1.165) is 21.4 Å². The second-order valence-corrected chi connectivity index (χ2v) is 4.06. The molecule has 0 unspecified atom stereocenters. The lowest BCUT2D eigenvalue weighted by Gasteiger charge is -1.95. The fourth-order valence-corrected chi connectivity index (χ4v) is 1.65. The first-order valence-electron chi connectivity index (χ1n) is 4.15. The van der Waals surface area contributed by atoms with Crippen molar-refractivity contribution in [2.24, 2.45) is 0 Å². The molecule has 2 nitrogen and oxygen atoms in total. The lowest BCUT2D eigenvalue weighted by atomic mass is 10.2. The van der Waals surface area contributed by atoms with E-state index in [2.05, 4.69) is 9.97 Å². The molecule has 1 heterocycles. The Bertz CT molecular complexity index is 422. The maximum atomic E-state index is 5.80. The van der Waals surface area contributed by atoms with Gasteiger partial charge in [0, 0.05) is 16.8 Å². The zero-order chi connectivity index (χ0) is 9.97. The summed E-state index contributed by atoms with van der Waals surface area (Å²) in [5.74, 6) is 0.881. The third-order valence-electron chi connectivity index (χ3n) is 1.88. The van der Waals surface area contributed by atoms with E-state index in [-0.39, 0.29) is 0 Å². The summed E-state index contributed by atoms with van der Waals surface area (Å²) in [6.45, 7) is 0. The van der Waals surface area contributed by atoms with Gasteiger partial charge in [-0.3, -0.25) is 0 Å². The fraction of sp³-hybridized carbons (Fsp3) is 0.100. The number of hydrogen-bond acceptors (Lipinski definition) is 2. The van der Waals surface area contributed by atoms with E-state index in [1.54, 1.807) is 11.8 Å². The van der Waals surface area contributed by atoms with E-state index in [4.69, 9.17) is 11.6 Å². The number of hydrogen-bond donors (Lipinski definition) is 1. The van der Waals surface area contributed by atoms with Crippen molar-refractivity contribution < 1.29 is 0 Å². The zero-order valence-electron chi connectivity index (χ0n) is 7.62. The van der Waals surface area contributed by atoms with Gasteiger partial charge in [0.1, 0.15) is 10.9 Å². The summed E-state index contributed by atoms with van der Waals surface area (Å²) in [5, 5.41) is 1.74. The van der Waals surface area contributed by atoms with Gasteiger partial charge < -0.3 is 4.98 Å². The molecule has 4 heteroatoms. The average molecular weight is 225 g/mol. The number of halogens is 1. The Kier molecular flexibility index (Phi) is 2.79. The molecular weight excluding hydrogens is 216 g/mol. The number of nitrogens with zero attached hydrogens (tertiary/aromatic N) is 1. The molecule has 0 saturated carbocycles. The van der Waals surface area contributed by atoms with E-state index >= 15 is 0 Å². The quantitative estimate of drug-likeness (QED) is 0.792. The Morgan fingerprint density at radius 3 is 2.57 bits per heavy atom. The van der Waals surface area contributed by atoms with Crippen LogP contribution in [0.5, 0.6) is 0 Å². The largest absolute Gasteiger partial charge is 0.343 e. The minimum Gasteiger partial charge on any atom is -0.343 e. The van der Waals surface area contributed by atoms with Crippen LogP contribution in [0.2, 0.25) is 5.02 Å². The number of H-pyrrole nitrogens is 1. The molecule has 2 aromatic rings. The number of nitrogens with one attached hydrogen (secondary N) is 1. The molecule has 0 atom stereocenters. The third-order valence-corrected chi connectivity index (χ3v) is 2.76. The van der Waals surface area contributed by atoms with E-state index in [1.807, 2.05) is 36.7 Å². The average Bonchev–Trinajstić information content (AvgIpc) is 2.67. The molecule has 14 heavy (non-hydrogen) atoms. The standard InChI is InChI=1S/C10H9ClN2S/c1-14-9-6-12-10(13-9)7-2-4-8(11)5-3-7/h2-6H,1H3,(H,12,13). The second kappa shape index (κ2) is 4.07. The van der Waals surface area contributed by atoms with Gasteiger partial charge in [0.2, 0.25) is 0 Å². The lowest BCUT2D eigenvalue weighted by Crippen LogP contribution is -1.79. The van der Waals surface area contributed by atoms with Crippen molar-refractivity contribution in [1.29, 1.82) is 0 Å². The molecule has 1 aromatic heterocycles. The van der Waals surface area contributed by atoms with Gasteiger partial charge in [-0.25, -0.2) is 4.98 Å². The Hall–Kier alpha value is -0.930. The Morgan fingerprint density at radius 1 is 1.29 bits per heavy atom. The lowest BCUT2D eigenvalue weighted by molar-refractivity contribution is 1.21. The number of thioether (sulfide) groups is 1. The molecule has 0 amide bonds. The van der Waals surface area contributed by atoms with Crippen molar-refractivity contribution in [1.82, 2.24) is 9.97 Å². The van der Waals surface area contributed by atoms with Crippen LogP contribution in [0, 0.1) is 0 Å². The number of benzene rings is 1. The van der Waals surface area contributed by atoms with Crippen LogP contribution in [0.3, 0.4) is 0 Å². The van der Waals surface area contributed by atoms with E-state index in [1.165, 1.54) is 0 Å². The summed E-state index contributed by atoms with van der Waals surface area (Å²) in [6, 6.07) is 7.62. The highest BCUT2D eigenvalue weighted by atomic mass is 35.5. The number of aromatic amines is 1. The molecule has 2 rings (SSSR count).